The fourth-order valence-electron chi connectivity index (χ4n) is 3.16. The number of morpholine rings is 1. The maximum Gasteiger partial charge on any atom is 0.341 e. The number of esters is 2. The fourth-order valence-corrected chi connectivity index (χ4v) is 3.70. The zero-order valence-electron chi connectivity index (χ0n) is 17.5. The molecule has 172 valence electrons. The number of aromatic hydroxyl groups is 1. The van der Waals surface area contributed by atoms with E-state index in [4.69, 9.17) is 37.4 Å². The smallest absolute Gasteiger partial charge is 0.341 e. The van der Waals surface area contributed by atoms with E-state index in [1.165, 1.54) is 25.1 Å². The van der Waals surface area contributed by atoms with Gasteiger partial charge in [0.05, 0.1) is 18.2 Å². The minimum atomic E-state index is -0.583. The number of rotatable bonds is 8. The summed E-state index contributed by atoms with van der Waals surface area (Å²) in [6.07, 6.45) is 0. The molecule has 0 aromatic heterocycles. The first-order valence-electron chi connectivity index (χ1n) is 10.0. The van der Waals surface area contributed by atoms with Gasteiger partial charge in [0.1, 0.15) is 23.7 Å². The van der Waals surface area contributed by atoms with Crippen LogP contribution < -0.4 is 10.1 Å². The zero-order valence-corrected chi connectivity index (χ0v) is 19.0. The number of anilines is 1. The van der Waals surface area contributed by atoms with Gasteiger partial charge in [0.15, 0.2) is 0 Å². The summed E-state index contributed by atoms with van der Waals surface area (Å²) < 4.78 is 15.9. The van der Waals surface area contributed by atoms with Crippen LogP contribution in [0.4, 0.5) is 5.69 Å². The molecule has 0 spiro atoms. The number of phenolic OH excluding ortho intramolecular Hbond substituents is 1. The monoisotopic (exact) mass is 482 g/mol. The van der Waals surface area contributed by atoms with Crippen LogP contribution >= 0.6 is 23.2 Å². The predicted octanol–water partition coefficient (Wildman–Crippen LogP) is 3.73. The molecule has 0 radical (unpaired) electrons. The van der Waals surface area contributed by atoms with Crippen molar-refractivity contribution in [2.45, 2.75) is 13.5 Å². The maximum atomic E-state index is 12.6. The third-order valence-electron chi connectivity index (χ3n) is 4.79. The van der Waals surface area contributed by atoms with Gasteiger partial charge in [-0.3, -0.25) is 9.69 Å². The van der Waals surface area contributed by atoms with Crippen LogP contribution in [0.3, 0.4) is 0 Å². The van der Waals surface area contributed by atoms with Crippen LogP contribution in [0, 0.1) is 0 Å². The van der Waals surface area contributed by atoms with Gasteiger partial charge in [-0.1, -0.05) is 23.2 Å². The van der Waals surface area contributed by atoms with Gasteiger partial charge in [0.2, 0.25) is 0 Å². The Labute approximate surface area is 196 Å². The molecule has 32 heavy (non-hydrogen) atoms. The molecular formula is C22H24Cl2N2O6. The Morgan fingerprint density at radius 1 is 1.19 bits per heavy atom. The number of nitrogens with one attached hydrogen (secondary N) is 1. The number of nitrogens with zero attached hydrogens (tertiary/aromatic N) is 1. The number of phenols is 1. The van der Waals surface area contributed by atoms with Crippen molar-refractivity contribution in [3.63, 3.8) is 0 Å². The van der Waals surface area contributed by atoms with Crippen LogP contribution in [-0.4, -0.2) is 61.4 Å². The van der Waals surface area contributed by atoms with E-state index >= 15 is 0 Å². The topological polar surface area (TPSA) is 97.3 Å². The van der Waals surface area contributed by atoms with Crippen molar-refractivity contribution >= 4 is 40.8 Å². The van der Waals surface area contributed by atoms with Crippen LogP contribution in [0.1, 0.15) is 22.8 Å². The highest BCUT2D eigenvalue weighted by Gasteiger charge is 2.18. The molecule has 10 heteroatoms. The summed E-state index contributed by atoms with van der Waals surface area (Å²) in [6.45, 7) is 5.19. The third-order valence-corrected chi connectivity index (χ3v) is 5.30. The number of carbonyl (C=O) groups is 2. The van der Waals surface area contributed by atoms with E-state index < -0.39 is 11.9 Å². The van der Waals surface area contributed by atoms with Gasteiger partial charge in [-0.2, -0.15) is 0 Å². The summed E-state index contributed by atoms with van der Waals surface area (Å²) in [5, 5.41) is 13.7. The van der Waals surface area contributed by atoms with E-state index in [-0.39, 0.29) is 35.2 Å². The molecule has 0 bridgehead atoms. The molecule has 0 aliphatic carbocycles. The van der Waals surface area contributed by atoms with Crippen LogP contribution in [0.15, 0.2) is 30.3 Å². The molecule has 1 saturated heterocycles. The van der Waals surface area contributed by atoms with Gasteiger partial charge < -0.3 is 24.6 Å². The van der Waals surface area contributed by atoms with Crippen molar-refractivity contribution in [1.82, 2.24) is 4.90 Å². The molecule has 2 aromatic carbocycles. The Hall–Kier alpha value is -2.52. The van der Waals surface area contributed by atoms with Gasteiger partial charge in [0.25, 0.3) is 0 Å². The van der Waals surface area contributed by atoms with E-state index in [2.05, 4.69) is 10.2 Å². The number of carbonyl (C=O) groups excluding carboxylic acids is 2. The Kier molecular flexibility index (Phi) is 8.58. The molecule has 0 saturated carbocycles. The molecular weight excluding hydrogens is 459 g/mol. The SMILES string of the molecule is CC(=O)Oc1cc(NCc2cc(Cl)cc(Cl)c2O)ccc1C(=O)OCCN1CCOCC1. The number of hydrogen-bond donors (Lipinski definition) is 2. The van der Waals surface area contributed by atoms with Crippen molar-refractivity contribution in [2.24, 2.45) is 0 Å². The molecule has 2 N–H and O–H groups in total. The molecule has 0 atom stereocenters. The lowest BCUT2D eigenvalue weighted by Crippen LogP contribution is -2.38. The molecule has 0 unspecified atom stereocenters. The lowest BCUT2D eigenvalue weighted by atomic mass is 10.1. The molecule has 8 nitrogen and oxygen atoms in total. The van der Waals surface area contributed by atoms with Crippen LogP contribution in [0.5, 0.6) is 11.5 Å². The number of hydrogen-bond acceptors (Lipinski definition) is 8. The van der Waals surface area contributed by atoms with E-state index in [9.17, 15) is 14.7 Å². The van der Waals surface area contributed by atoms with Crippen molar-refractivity contribution in [1.29, 1.82) is 0 Å². The van der Waals surface area contributed by atoms with Crippen LogP contribution in [0.25, 0.3) is 0 Å². The summed E-state index contributed by atoms with van der Waals surface area (Å²) in [5.41, 5.74) is 1.19. The Morgan fingerprint density at radius 2 is 1.94 bits per heavy atom. The predicted molar refractivity (Wildman–Crippen MR) is 121 cm³/mol. The molecule has 3 rings (SSSR count). The second kappa shape index (κ2) is 11.4. The van der Waals surface area contributed by atoms with E-state index in [0.717, 1.165) is 13.1 Å². The minimum Gasteiger partial charge on any atom is -0.506 e. The molecule has 0 amide bonds. The Morgan fingerprint density at radius 3 is 2.66 bits per heavy atom. The van der Waals surface area contributed by atoms with Crippen molar-refractivity contribution in [3.8, 4) is 11.5 Å². The lowest BCUT2D eigenvalue weighted by molar-refractivity contribution is -0.131. The van der Waals surface area contributed by atoms with Gasteiger partial charge in [-0.05, 0) is 24.3 Å². The minimum absolute atomic E-state index is 0.0761. The molecule has 2 aromatic rings. The fraction of sp³-hybridized carbons (Fsp3) is 0.364. The second-order valence-corrected chi connectivity index (χ2v) is 7.99. The molecule has 1 heterocycles. The molecule has 1 aliphatic heterocycles. The Balaban J connectivity index is 1.66. The van der Waals surface area contributed by atoms with Crippen molar-refractivity contribution in [3.05, 3.63) is 51.5 Å². The average Bonchev–Trinajstić information content (AvgIpc) is 2.75. The first kappa shape index (κ1) is 24.1. The summed E-state index contributed by atoms with van der Waals surface area (Å²) in [4.78, 5) is 26.2. The molecule has 1 aliphatic rings. The van der Waals surface area contributed by atoms with Crippen LogP contribution in [-0.2, 0) is 20.8 Å². The van der Waals surface area contributed by atoms with E-state index in [1.54, 1.807) is 12.1 Å². The highest BCUT2D eigenvalue weighted by molar-refractivity contribution is 6.35. The maximum absolute atomic E-state index is 12.6. The van der Waals surface area contributed by atoms with E-state index in [1.807, 2.05) is 0 Å². The Bertz CT molecular complexity index is 979. The summed E-state index contributed by atoms with van der Waals surface area (Å²) >= 11 is 11.9. The number of benzene rings is 2. The summed E-state index contributed by atoms with van der Waals surface area (Å²) in [7, 11) is 0. The van der Waals surface area contributed by atoms with Gasteiger partial charge in [0, 0.05) is 55.4 Å². The highest BCUT2D eigenvalue weighted by atomic mass is 35.5. The van der Waals surface area contributed by atoms with Gasteiger partial charge in [-0.15, -0.1) is 0 Å². The summed E-state index contributed by atoms with van der Waals surface area (Å²) in [6, 6.07) is 7.71. The standard InChI is InChI=1S/C22H24Cl2N2O6/c1-14(27)32-20-12-17(25-13-15-10-16(23)11-19(24)21(15)28)2-3-18(20)22(29)31-9-6-26-4-7-30-8-5-26/h2-3,10-12,25,28H,4-9,13H2,1H3. The second-order valence-electron chi connectivity index (χ2n) is 7.14. The first-order chi connectivity index (χ1) is 15.3. The highest BCUT2D eigenvalue weighted by Crippen LogP contribution is 2.32. The third kappa shape index (κ3) is 6.74. The largest absolute Gasteiger partial charge is 0.506 e. The quantitative estimate of drug-likeness (QED) is 0.433. The number of ether oxygens (including phenoxy) is 3. The van der Waals surface area contributed by atoms with Crippen molar-refractivity contribution < 1.29 is 28.9 Å². The van der Waals surface area contributed by atoms with Gasteiger partial charge in [-0.25, -0.2) is 4.79 Å². The zero-order chi connectivity index (χ0) is 23.1. The lowest BCUT2D eigenvalue weighted by Gasteiger charge is -2.26. The van der Waals surface area contributed by atoms with E-state index in [0.29, 0.717) is 36.0 Å². The van der Waals surface area contributed by atoms with Crippen LogP contribution in [0.2, 0.25) is 10.0 Å². The van der Waals surface area contributed by atoms with Crippen molar-refractivity contribution in [2.75, 3.05) is 44.8 Å². The molecule has 1 fully saturated rings. The normalized spacial score (nSPS) is 14.1. The van der Waals surface area contributed by atoms with Gasteiger partial charge >= 0.3 is 11.9 Å². The average molecular weight is 483 g/mol. The summed E-state index contributed by atoms with van der Waals surface area (Å²) in [5.74, 6) is -1.15. The first-order valence-corrected chi connectivity index (χ1v) is 10.8. The number of halogens is 2.